The summed E-state index contributed by atoms with van der Waals surface area (Å²) in [7, 11) is 0. The maximum Gasteiger partial charge on any atom is 0.202 e. The average molecular weight is 187 g/mol. The molecular weight excluding hydrogens is 176 g/mol. The normalized spacial score (nSPS) is 10.4. The minimum Gasteiger partial charge on any atom is -0.304 e. The Morgan fingerprint density at radius 1 is 1.50 bits per heavy atom. The second kappa shape index (κ2) is 4.00. The van der Waals surface area contributed by atoms with Crippen molar-refractivity contribution in [2.75, 3.05) is 0 Å². The number of hydrogen-bond acceptors (Lipinski definition) is 3. The minimum absolute atomic E-state index is 0.833. The van der Waals surface area contributed by atoms with E-state index >= 15 is 0 Å². The Kier molecular flexibility index (Phi) is 2.53. The van der Waals surface area contributed by atoms with Crippen LogP contribution < -0.4 is 0 Å². The number of aromatic nitrogens is 4. The van der Waals surface area contributed by atoms with Crippen LogP contribution >= 0.6 is 0 Å². The average Bonchev–Trinajstić information content (AvgIpc) is 2.68. The lowest BCUT2D eigenvalue weighted by Gasteiger charge is -2.02. The number of aryl methyl sites for hydroxylation is 1. The smallest absolute Gasteiger partial charge is 0.202 e. The van der Waals surface area contributed by atoms with Gasteiger partial charge in [0, 0.05) is 24.5 Å². The number of pyridine rings is 1. The summed E-state index contributed by atoms with van der Waals surface area (Å²) in [6.45, 7) is 3.00. The molecule has 2 aromatic heterocycles. The summed E-state index contributed by atoms with van der Waals surface area (Å²) in [6, 6.07) is 3.86. The molecule has 14 heavy (non-hydrogen) atoms. The summed E-state index contributed by atoms with van der Waals surface area (Å²) in [5, 5.41) is 7.80. The van der Waals surface area contributed by atoms with Crippen molar-refractivity contribution < 1.29 is 0 Å². The third-order valence-corrected chi connectivity index (χ3v) is 1.93. The van der Waals surface area contributed by atoms with Crippen molar-refractivity contribution in [1.29, 1.82) is 0 Å². The van der Waals surface area contributed by atoms with Gasteiger partial charge < -0.3 is 4.57 Å². The predicted molar refractivity (Wildman–Crippen MR) is 52.4 cm³/mol. The van der Waals surface area contributed by atoms with Crippen molar-refractivity contribution in [3.05, 3.63) is 30.9 Å². The van der Waals surface area contributed by atoms with Crippen molar-refractivity contribution >= 4 is 0 Å². The van der Waals surface area contributed by atoms with Gasteiger partial charge >= 0.3 is 0 Å². The summed E-state index contributed by atoms with van der Waals surface area (Å²) in [5.74, 6) is 0.833. The Balaban J connectivity index is 2.37. The number of nitrogens with zero attached hydrogens (tertiary/aromatic N) is 4. The molecule has 0 amide bonds. The molecule has 0 N–H and O–H groups in total. The van der Waals surface area contributed by atoms with Crippen LogP contribution in [0, 0.1) is 6.33 Å². The van der Waals surface area contributed by atoms with E-state index in [4.69, 9.17) is 0 Å². The molecule has 0 fully saturated rings. The van der Waals surface area contributed by atoms with Crippen molar-refractivity contribution in [3.8, 4) is 11.4 Å². The zero-order valence-electron chi connectivity index (χ0n) is 8.01. The first-order valence-electron chi connectivity index (χ1n) is 4.63. The standard InChI is InChI=1S/C10H11N4/c1-2-6-14-8-12-13-10(14)9-4-3-5-11-7-9/h3-5,7H,2,6H2,1H3. The van der Waals surface area contributed by atoms with Gasteiger partial charge in [-0.2, -0.15) is 0 Å². The molecular formula is C10H11N4. The molecule has 1 radical (unpaired) electrons. The van der Waals surface area contributed by atoms with E-state index in [1.54, 1.807) is 12.4 Å². The molecule has 2 rings (SSSR count). The maximum absolute atomic E-state index is 4.05. The van der Waals surface area contributed by atoms with E-state index in [0.717, 1.165) is 24.4 Å². The van der Waals surface area contributed by atoms with Crippen LogP contribution in [-0.2, 0) is 6.54 Å². The predicted octanol–water partition coefficient (Wildman–Crippen LogP) is 1.55. The zero-order chi connectivity index (χ0) is 9.80. The molecule has 2 heterocycles. The Labute approximate surface area is 82.6 Å². The van der Waals surface area contributed by atoms with Gasteiger partial charge in [0.2, 0.25) is 6.33 Å². The van der Waals surface area contributed by atoms with Crippen LogP contribution in [0.3, 0.4) is 0 Å². The highest BCUT2D eigenvalue weighted by atomic mass is 15.3. The minimum atomic E-state index is 0.833. The van der Waals surface area contributed by atoms with Crippen LogP contribution in [0.4, 0.5) is 0 Å². The highest BCUT2D eigenvalue weighted by Gasteiger charge is 2.05. The van der Waals surface area contributed by atoms with Crippen LogP contribution in [0.25, 0.3) is 11.4 Å². The van der Waals surface area contributed by atoms with Crippen LogP contribution in [0.2, 0.25) is 0 Å². The second-order valence-corrected chi connectivity index (χ2v) is 3.02. The molecule has 2 aromatic rings. The second-order valence-electron chi connectivity index (χ2n) is 3.02. The first kappa shape index (κ1) is 8.87. The molecule has 0 bridgehead atoms. The van der Waals surface area contributed by atoms with E-state index < -0.39 is 0 Å². The lowest BCUT2D eigenvalue weighted by molar-refractivity contribution is 0.678. The molecule has 0 atom stereocenters. The Morgan fingerprint density at radius 3 is 3.14 bits per heavy atom. The zero-order valence-corrected chi connectivity index (χ0v) is 8.01. The van der Waals surface area contributed by atoms with E-state index in [1.807, 2.05) is 16.7 Å². The van der Waals surface area contributed by atoms with Gasteiger partial charge in [0.05, 0.1) is 0 Å². The van der Waals surface area contributed by atoms with E-state index in [9.17, 15) is 0 Å². The summed E-state index contributed by atoms with van der Waals surface area (Å²) in [5.41, 5.74) is 0.981. The monoisotopic (exact) mass is 187 g/mol. The van der Waals surface area contributed by atoms with Gasteiger partial charge in [-0.1, -0.05) is 6.92 Å². The molecule has 0 spiro atoms. The van der Waals surface area contributed by atoms with Gasteiger partial charge in [0.15, 0.2) is 5.82 Å². The SMILES string of the molecule is CCCn1[c]nnc1-c1cccnc1. The van der Waals surface area contributed by atoms with E-state index in [2.05, 4.69) is 28.4 Å². The van der Waals surface area contributed by atoms with Gasteiger partial charge in [-0.15, -0.1) is 10.2 Å². The van der Waals surface area contributed by atoms with Crippen molar-refractivity contribution in [1.82, 2.24) is 19.7 Å². The topological polar surface area (TPSA) is 43.6 Å². The highest BCUT2D eigenvalue weighted by molar-refractivity contribution is 5.52. The van der Waals surface area contributed by atoms with Crippen LogP contribution in [-0.4, -0.2) is 19.7 Å². The summed E-state index contributed by atoms with van der Waals surface area (Å²) in [4.78, 5) is 4.05. The Hall–Kier alpha value is -1.71. The molecule has 0 aliphatic heterocycles. The first-order chi connectivity index (χ1) is 6.92. The van der Waals surface area contributed by atoms with Gasteiger partial charge in [0.1, 0.15) is 0 Å². The Morgan fingerprint density at radius 2 is 2.43 bits per heavy atom. The fourth-order valence-corrected chi connectivity index (χ4v) is 1.31. The van der Waals surface area contributed by atoms with E-state index in [1.165, 1.54) is 0 Å². The van der Waals surface area contributed by atoms with Crippen molar-refractivity contribution in [3.63, 3.8) is 0 Å². The third kappa shape index (κ3) is 1.64. The van der Waals surface area contributed by atoms with Crippen LogP contribution in [0.15, 0.2) is 24.5 Å². The first-order valence-corrected chi connectivity index (χ1v) is 4.63. The maximum atomic E-state index is 4.05. The molecule has 0 saturated carbocycles. The largest absolute Gasteiger partial charge is 0.304 e. The van der Waals surface area contributed by atoms with Gasteiger partial charge in [0.25, 0.3) is 0 Å². The van der Waals surface area contributed by atoms with Gasteiger partial charge in [-0.05, 0) is 18.6 Å². The molecule has 4 heteroatoms. The summed E-state index contributed by atoms with van der Waals surface area (Å²) >= 11 is 0. The molecule has 4 nitrogen and oxygen atoms in total. The number of rotatable bonds is 3. The molecule has 0 saturated heterocycles. The summed E-state index contributed by atoms with van der Waals surface area (Å²) < 4.78 is 1.91. The van der Waals surface area contributed by atoms with Crippen molar-refractivity contribution in [2.45, 2.75) is 19.9 Å². The molecule has 0 unspecified atom stereocenters. The fourth-order valence-electron chi connectivity index (χ4n) is 1.31. The third-order valence-electron chi connectivity index (χ3n) is 1.93. The van der Waals surface area contributed by atoms with Crippen molar-refractivity contribution in [2.24, 2.45) is 0 Å². The van der Waals surface area contributed by atoms with Crippen LogP contribution in [0.5, 0.6) is 0 Å². The molecule has 0 aromatic carbocycles. The molecule has 0 aliphatic carbocycles. The Bertz CT molecular complexity index is 394. The fraction of sp³-hybridized carbons (Fsp3) is 0.300. The van der Waals surface area contributed by atoms with Gasteiger partial charge in [-0.25, -0.2) is 0 Å². The summed E-state index contributed by atoms with van der Waals surface area (Å²) in [6.07, 6.45) is 7.40. The number of hydrogen-bond donors (Lipinski definition) is 0. The van der Waals surface area contributed by atoms with Crippen LogP contribution in [0.1, 0.15) is 13.3 Å². The van der Waals surface area contributed by atoms with E-state index in [0.29, 0.717) is 0 Å². The molecule has 71 valence electrons. The highest BCUT2D eigenvalue weighted by Crippen LogP contribution is 2.14. The van der Waals surface area contributed by atoms with E-state index in [-0.39, 0.29) is 0 Å². The lowest BCUT2D eigenvalue weighted by atomic mass is 10.2. The molecule has 0 aliphatic rings. The van der Waals surface area contributed by atoms with Gasteiger partial charge in [-0.3, -0.25) is 4.98 Å². The quantitative estimate of drug-likeness (QED) is 0.732. The lowest BCUT2D eigenvalue weighted by Crippen LogP contribution is -1.98.